The third kappa shape index (κ3) is 3.85. The molecule has 2 atom stereocenters. The summed E-state index contributed by atoms with van der Waals surface area (Å²) in [6.07, 6.45) is 4.69. The Morgan fingerprint density at radius 2 is 1.62 bits per heavy atom. The van der Waals surface area contributed by atoms with Gasteiger partial charge in [-0.25, -0.2) is 21.6 Å². The normalized spacial score (nSPS) is 31.7. The van der Waals surface area contributed by atoms with Crippen LogP contribution in [-0.2, 0) is 19.6 Å². The number of rotatable bonds is 7. The van der Waals surface area contributed by atoms with Crippen LogP contribution in [0.15, 0.2) is 17.0 Å². The van der Waals surface area contributed by atoms with Crippen LogP contribution < -0.4 is 10.5 Å². The summed E-state index contributed by atoms with van der Waals surface area (Å²) in [7, 11) is -4.51. The zero-order chi connectivity index (χ0) is 23.7. The maximum absolute atomic E-state index is 13.5. The average molecular weight is 473 g/mol. The quantitative estimate of drug-likeness (QED) is 0.595. The Hall–Kier alpha value is -1.94. The third-order valence-corrected chi connectivity index (χ3v) is 9.23. The molecule has 0 radical (unpaired) electrons. The number of ketones is 1. The lowest BCUT2D eigenvalue weighted by Gasteiger charge is -2.61. The molecule has 10 heteroatoms. The number of sulfonamides is 1. The number of nitrogens with two attached hydrogens (primary N) is 1. The van der Waals surface area contributed by atoms with E-state index in [0.29, 0.717) is 30.4 Å². The SMILES string of the molecule is CC(C)(NS(=O)(=O)c1cc(F)c(F)c(F)c1)C(=O)CC12CC3CC(C1)CC(C(N)=O)(C3)C2. The maximum Gasteiger partial charge on any atom is 0.241 e. The van der Waals surface area contributed by atoms with Gasteiger partial charge in [-0.3, -0.25) is 9.59 Å². The number of amides is 1. The Bertz CT molecular complexity index is 1070. The van der Waals surface area contributed by atoms with Gasteiger partial charge in [0.2, 0.25) is 15.9 Å². The van der Waals surface area contributed by atoms with Crippen LogP contribution in [0.25, 0.3) is 0 Å². The number of primary amides is 1. The zero-order valence-electron chi connectivity index (χ0n) is 18.0. The van der Waals surface area contributed by atoms with Crippen molar-refractivity contribution in [2.75, 3.05) is 0 Å². The Kier molecular flexibility index (Phi) is 5.28. The number of carbonyl (C=O) groups is 2. The highest BCUT2D eigenvalue weighted by atomic mass is 32.2. The van der Waals surface area contributed by atoms with E-state index in [1.54, 1.807) is 0 Å². The van der Waals surface area contributed by atoms with Crippen LogP contribution in [0.4, 0.5) is 13.2 Å². The highest BCUT2D eigenvalue weighted by molar-refractivity contribution is 7.89. The van der Waals surface area contributed by atoms with Crippen molar-refractivity contribution in [3.63, 3.8) is 0 Å². The highest BCUT2D eigenvalue weighted by Gasteiger charge is 2.60. The van der Waals surface area contributed by atoms with E-state index in [4.69, 9.17) is 5.73 Å². The number of benzene rings is 1. The molecule has 1 amide bonds. The second-order valence-corrected chi connectivity index (χ2v) is 12.3. The molecular weight excluding hydrogens is 445 g/mol. The number of hydrogen-bond acceptors (Lipinski definition) is 4. The van der Waals surface area contributed by atoms with Crippen LogP contribution >= 0.6 is 0 Å². The minimum Gasteiger partial charge on any atom is -0.369 e. The molecule has 4 aliphatic carbocycles. The molecule has 1 aromatic carbocycles. The third-order valence-electron chi connectivity index (χ3n) is 7.59. The molecule has 32 heavy (non-hydrogen) atoms. The summed E-state index contributed by atoms with van der Waals surface area (Å²) >= 11 is 0. The van der Waals surface area contributed by atoms with E-state index in [0.717, 1.165) is 32.1 Å². The van der Waals surface area contributed by atoms with Crippen molar-refractivity contribution in [1.29, 1.82) is 0 Å². The lowest BCUT2D eigenvalue weighted by atomic mass is 9.43. The number of halogens is 3. The van der Waals surface area contributed by atoms with Crippen molar-refractivity contribution in [3.05, 3.63) is 29.6 Å². The highest BCUT2D eigenvalue weighted by Crippen LogP contribution is 2.66. The monoisotopic (exact) mass is 472 g/mol. The zero-order valence-corrected chi connectivity index (χ0v) is 18.8. The van der Waals surface area contributed by atoms with Gasteiger partial charge in [-0.1, -0.05) is 0 Å². The molecule has 0 aliphatic heterocycles. The van der Waals surface area contributed by atoms with Gasteiger partial charge in [-0.2, -0.15) is 4.72 Å². The standard InChI is InChI=1S/C22H27F3N2O4S/c1-20(2,27-32(30,31)14-4-15(23)18(25)16(24)5-14)17(28)10-21-6-12-3-13(7-21)9-22(8-12,11-21)19(26)29/h4-5,12-13,27H,3,6-11H2,1-2H3,(H2,26,29). The molecule has 2 unspecified atom stereocenters. The van der Waals surface area contributed by atoms with Gasteiger partial charge in [0.15, 0.2) is 23.2 Å². The van der Waals surface area contributed by atoms with E-state index in [2.05, 4.69) is 4.72 Å². The van der Waals surface area contributed by atoms with Gasteiger partial charge < -0.3 is 5.73 Å². The molecule has 0 spiro atoms. The van der Waals surface area contributed by atoms with E-state index in [-0.39, 0.29) is 18.1 Å². The fourth-order valence-electron chi connectivity index (χ4n) is 6.65. The molecule has 4 bridgehead atoms. The van der Waals surface area contributed by atoms with E-state index in [1.807, 2.05) is 0 Å². The molecule has 6 nitrogen and oxygen atoms in total. The second kappa shape index (κ2) is 7.28. The van der Waals surface area contributed by atoms with E-state index in [9.17, 15) is 31.2 Å². The first-order chi connectivity index (χ1) is 14.7. The van der Waals surface area contributed by atoms with Gasteiger partial charge in [-0.15, -0.1) is 0 Å². The fourth-order valence-corrected chi connectivity index (χ4v) is 8.07. The second-order valence-electron chi connectivity index (χ2n) is 10.6. The van der Waals surface area contributed by atoms with Crippen LogP contribution in [0.1, 0.15) is 58.8 Å². The first-order valence-electron chi connectivity index (χ1n) is 10.7. The van der Waals surface area contributed by atoms with Gasteiger partial charge in [0, 0.05) is 6.42 Å². The number of Topliss-reactive ketones (excluding diaryl/α,β-unsaturated/α-hetero) is 1. The lowest BCUT2D eigenvalue weighted by Crippen LogP contribution is -2.58. The smallest absolute Gasteiger partial charge is 0.241 e. The average Bonchev–Trinajstić information content (AvgIpc) is 2.63. The van der Waals surface area contributed by atoms with Crippen molar-refractivity contribution in [3.8, 4) is 0 Å². The maximum atomic E-state index is 13.5. The van der Waals surface area contributed by atoms with Crippen LogP contribution in [-0.4, -0.2) is 25.6 Å². The van der Waals surface area contributed by atoms with Crippen molar-refractivity contribution in [1.82, 2.24) is 4.72 Å². The molecule has 0 saturated heterocycles. The molecule has 4 fully saturated rings. The predicted molar refractivity (Wildman–Crippen MR) is 109 cm³/mol. The van der Waals surface area contributed by atoms with Crippen molar-refractivity contribution >= 4 is 21.7 Å². The Labute approximate surface area is 185 Å². The molecule has 4 aliphatic rings. The fraction of sp³-hybridized carbons (Fsp3) is 0.636. The summed E-state index contributed by atoms with van der Waals surface area (Å²) in [4.78, 5) is 24.7. The van der Waals surface area contributed by atoms with Gasteiger partial charge in [0.1, 0.15) is 0 Å². The molecule has 0 aromatic heterocycles. The molecular formula is C22H27F3N2O4S. The van der Waals surface area contributed by atoms with Crippen LogP contribution in [0, 0.1) is 40.1 Å². The Balaban J connectivity index is 1.55. The minimum absolute atomic E-state index is 0.0800. The van der Waals surface area contributed by atoms with Crippen molar-refractivity contribution < 1.29 is 31.2 Å². The van der Waals surface area contributed by atoms with E-state index < -0.39 is 48.7 Å². The van der Waals surface area contributed by atoms with Crippen LogP contribution in [0.5, 0.6) is 0 Å². The lowest BCUT2D eigenvalue weighted by molar-refractivity contribution is -0.158. The first kappa shape index (κ1) is 23.2. The number of carbonyl (C=O) groups excluding carboxylic acids is 2. The molecule has 1 aromatic rings. The summed E-state index contributed by atoms with van der Waals surface area (Å²) in [5.74, 6) is -5.12. The van der Waals surface area contributed by atoms with Gasteiger partial charge in [0.05, 0.1) is 15.8 Å². The first-order valence-corrected chi connectivity index (χ1v) is 12.2. The van der Waals surface area contributed by atoms with E-state index in [1.165, 1.54) is 13.8 Å². The van der Waals surface area contributed by atoms with Crippen LogP contribution in [0.3, 0.4) is 0 Å². The van der Waals surface area contributed by atoms with Gasteiger partial charge in [-0.05, 0) is 81.8 Å². The van der Waals surface area contributed by atoms with Gasteiger partial charge in [0.25, 0.3) is 0 Å². The molecule has 3 N–H and O–H groups in total. The summed E-state index contributed by atoms with van der Waals surface area (Å²) in [6.45, 7) is 2.76. The van der Waals surface area contributed by atoms with Gasteiger partial charge >= 0.3 is 0 Å². The Morgan fingerprint density at radius 3 is 2.12 bits per heavy atom. The molecule has 4 saturated carbocycles. The molecule has 176 valence electrons. The summed E-state index contributed by atoms with van der Waals surface area (Å²) < 4.78 is 67.9. The Morgan fingerprint density at radius 1 is 1.09 bits per heavy atom. The van der Waals surface area contributed by atoms with Crippen molar-refractivity contribution in [2.24, 2.45) is 28.4 Å². The van der Waals surface area contributed by atoms with E-state index >= 15 is 0 Å². The topological polar surface area (TPSA) is 106 Å². The molecule has 5 rings (SSSR count). The number of nitrogens with one attached hydrogen (secondary N) is 1. The van der Waals surface area contributed by atoms with Crippen LogP contribution in [0.2, 0.25) is 0 Å². The summed E-state index contributed by atoms with van der Waals surface area (Å²) in [5, 5.41) is 0. The largest absolute Gasteiger partial charge is 0.369 e. The number of hydrogen-bond donors (Lipinski definition) is 2. The van der Waals surface area contributed by atoms with Crippen molar-refractivity contribution in [2.45, 2.75) is 69.2 Å². The summed E-state index contributed by atoms with van der Waals surface area (Å²) in [6, 6.07) is 0.744. The predicted octanol–water partition coefficient (Wildman–Crippen LogP) is 3.19. The minimum atomic E-state index is -4.51. The summed E-state index contributed by atoms with van der Waals surface area (Å²) in [5.41, 5.74) is 3.16. The molecule has 0 heterocycles.